The first-order valence-electron chi connectivity index (χ1n) is 12.1. The van der Waals surface area contributed by atoms with Gasteiger partial charge in [-0.2, -0.15) is 0 Å². The molecule has 1 amide bonds. The van der Waals surface area contributed by atoms with Crippen LogP contribution in [-0.2, 0) is 12.3 Å². The molecule has 0 bridgehead atoms. The smallest absolute Gasteiger partial charge is 0.251 e. The van der Waals surface area contributed by atoms with Crippen molar-refractivity contribution < 1.29 is 4.79 Å². The van der Waals surface area contributed by atoms with E-state index in [-0.39, 0.29) is 5.91 Å². The number of aryl methyl sites for hydroxylation is 1. The van der Waals surface area contributed by atoms with Gasteiger partial charge in [0.1, 0.15) is 5.52 Å². The summed E-state index contributed by atoms with van der Waals surface area (Å²) in [7, 11) is 0. The Morgan fingerprint density at radius 1 is 1.03 bits per heavy atom. The van der Waals surface area contributed by atoms with E-state index in [1.165, 1.54) is 30.4 Å². The molecule has 0 aliphatic heterocycles. The van der Waals surface area contributed by atoms with Crippen LogP contribution < -0.4 is 5.32 Å². The Kier molecular flexibility index (Phi) is 6.95. The lowest BCUT2D eigenvalue weighted by Gasteiger charge is -2.22. The average molecular weight is 471 g/mol. The number of pyridine rings is 1. The van der Waals surface area contributed by atoms with Crippen LogP contribution in [0.3, 0.4) is 0 Å². The van der Waals surface area contributed by atoms with E-state index in [1.807, 2.05) is 42.6 Å². The van der Waals surface area contributed by atoms with Gasteiger partial charge < -0.3 is 5.32 Å². The zero-order valence-electron chi connectivity index (χ0n) is 19.5. The van der Waals surface area contributed by atoms with Gasteiger partial charge in [-0.3, -0.25) is 9.36 Å². The van der Waals surface area contributed by atoms with Gasteiger partial charge in [0, 0.05) is 23.6 Å². The molecule has 5 rings (SSSR count). The van der Waals surface area contributed by atoms with Crippen LogP contribution in [0.15, 0.2) is 72.0 Å². The van der Waals surface area contributed by atoms with E-state index >= 15 is 0 Å². The number of nitrogens with one attached hydrogen (secondary N) is 1. The third kappa shape index (κ3) is 5.17. The molecule has 0 spiro atoms. The fourth-order valence-electron chi connectivity index (χ4n) is 4.56. The molecule has 1 fully saturated rings. The van der Waals surface area contributed by atoms with Crippen LogP contribution >= 0.6 is 11.8 Å². The monoisotopic (exact) mass is 470 g/mol. The minimum Gasteiger partial charge on any atom is -0.349 e. The SMILES string of the molecule is Cc1ccccc1CSc1nc2cccnc2n1Cc1ccc(C(=O)NC2CCCCC2)cc1. The molecule has 1 aliphatic rings. The molecule has 2 aromatic heterocycles. The summed E-state index contributed by atoms with van der Waals surface area (Å²) in [5.74, 6) is 0.888. The molecule has 174 valence electrons. The summed E-state index contributed by atoms with van der Waals surface area (Å²) in [4.78, 5) is 22.1. The minimum absolute atomic E-state index is 0.0303. The van der Waals surface area contributed by atoms with Crippen molar-refractivity contribution in [1.29, 1.82) is 0 Å². The first-order valence-corrected chi connectivity index (χ1v) is 13.0. The van der Waals surface area contributed by atoms with Crippen molar-refractivity contribution in [2.24, 2.45) is 0 Å². The highest BCUT2D eigenvalue weighted by molar-refractivity contribution is 7.98. The number of hydrogen-bond acceptors (Lipinski definition) is 4. The Bertz CT molecular complexity index is 1280. The Morgan fingerprint density at radius 2 is 1.82 bits per heavy atom. The van der Waals surface area contributed by atoms with Gasteiger partial charge in [0.15, 0.2) is 10.8 Å². The van der Waals surface area contributed by atoms with Gasteiger partial charge >= 0.3 is 0 Å². The molecule has 4 aromatic rings. The summed E-state index contributed by atoms with van der Waals surface area (Å²) >= 11 is 1.73. The highest BCUT2D eigenvalue weighted by Gasteiger charge is 2.17. The van der Waals surface area contributed by atoms with E-state index in [4.69, 9.17) is 4.98 Å². The third-order valence-electron chi connectivity index (χ3n) is 6.58. The lowest BCUT2D eigenvalue weighted by molar-refractivity contribution is 0.0927. The quantitative estimate of drug-likeness (QED) is 0.330. The molecule has 2 heterocycles. The highest BCUT2D eigenvalue weighted by Crippen LogP contribution is 2.28. The van der Waals surface area contributed by atoms with E-state index in [9.17, 15) is 4.79 Å². The lowest BCUT2D eigenvalue weighted by atomic mass is 9.95. The summed E-state index contributed by atoms with van der Waals surface area (Å²) in [5, 5.41) is 4.16. The molecule has 0 unspecified atom stereocenters. The topological polar surface area (TPSA) is 59.8 Å². The van der Waals surface area contributed by atoms with Crippen molar-refractivity contribution >= 4 is 28.8 Å². The van der Waals surface area contributed by atoms with Crippen molar-refractivity contribution in [2.75, 3.05) is 0 Å². The van der Waals surface area contributed by atoms with E-state index < -0.39 is 0 Å². The number of amides is 1. The second-order valence-electron chi connectivity index (χ2n) is 9.05. The highest BCUT2D eigenvalue weighted by atomic mass is 32.2. The number of carbonyl (C=O) groups excluding carboxylic acids is 1. The number of benzene rings is 2. The Balaban J connectivity index is 1.33. The van der Waals surface area contributed by atoms with Gasteiger partial charge in [-0.1, -0.05) is 67.4 Å². The van der Waals surface area contributed by atoms with Crippen LogP contribution in [0.2, 0.25) is 0 Å². The number of nitrogens with zero attached hydrogens (tertiary/aromatic N) is 3. The predicted molar refractivity (Wildman–Crippen MR) is 138 cm³/mol. The molecular formula is C28H30N4OS. The third-order valence-corrected chi connectivity index (χ3v) is 7.61. The van der Waals surface area contributed by atoms with Gasteiger partial charge in [-0.15, -0.1) is 0 Å². The molecule has 1 saturated carbocycles. The Hall–Kier alpha value is -3.12. The molecular weight excluding hydrogens is 440 g/mol. The van der Waals surface area contributed by atoms with Gasteiger partial charge in [-0.05, 0) is 60.7 Å². The molecule has 6 heteroatoms. The van der Waals surface area contributed by atoms with Crippen LogP contribution in [0.1, 0.15) is 59.2 Å². The maximum atomic E-state index is 12.7. The summed E-state index contributed by atoms with van der Waals surface area (Å²) in [6.45, 7) is 2.81. The van der Waals surface area contributed by atoms with Crippen molar-refractivity contribution in [2.45, 2.75) is 62.5 Å². The maximum Gasteiger partial charge on any atom is 0.251 e. The number of aromatic nitrogens is 3. The predicted octanol–water partition coefficient (Wildman–Crippen LogP) is 6.14. The summed E-state index contributed by atoms with van der Waals surface area (Å²) in [6, 6.07) is 20.7. The Morgan fingerprint density at radius 3 is 2.62 bits per heavy atom. The summed E-state index contributed by atoms with van der Waals surface area (Å²) in [5.41, 5.74) is 6.23. The first kappa shape index (κ1) is 22.7. The second-order valence-corrected chi connectivity index (χ2v) is 9.99. The zero-order chi connectivity index (χ0) is 23.3. The van der Waals surface area contributed by atoms with E-state index in [1.54, 1.807) is 11.8 Å². The minimum atomic E-state index is 0.0303. The van der Waals surface area contributed by atoms with Gasteiger partial charge in [0.05, 0.1) is 6.54 Å². The lowest BCUT2D eigenvalue weighted by Crippen LogP contribution is -2.36. The molecule has 0 atom stereocenters. The standard InChI is InChI=1S/C28H30N4OS/c1-20-8-5-6-9-23(20)19-34-28-31-25-12-7-17-29-26(25)32(28)18-21-13-15-22(16-14-21)27(33)30-24-10-3-2-4-11-24/h5-9,12-17,24H,2-4,10-11,18-19H2,1H3,(H,30,33). The summed E-state index contributed by atoms with van der Waals surface area (Å²) < 4.78 is 2.18. The molecule has 1 aliphatic carbocycles. The summed E-state index contributed by atoms with van der Waals surface area (Å²) in [6.07, 6.45) is 7.70. The van der Waals surface area contributed by atoms with Crippen LogP contribution in [0.5, 0.6) is 0 Å². The zero-order valence-corrected chi connectivity index (χ0v) is 20.4. The average Bonchev–Trinajstić information content (AvgIpc) is 3.22. The van der Waals surface area contributed by atoms with Crippen molar-refractivity contribution in [3.63, 3.8) is 0 Å². The molecule has 5 nitrogen and oxygen atoms in total. The number of fused-ring (bicyclic) bond motifs is 1. The van der Waals surface area contributed by atoms with E-state index in [0.717, 1.165) is 46.0 Å². The molecule has 34 heavy (non-hydrogen) atoms. The number of carbonyl (C=O) groups is 1. The van der Waals surface area contributed by atoms with E-state index in [2.05, 4.69) is 46.1 Å². The van der Waals surface area contributed by atoms with Crippen molar-refractivity contribution in [3.8, 4) is 0 Å². The van der Waals surface area contributed by atoms with Crippen LogP contribution in [-0.4, -0.2) is 26.5 Å². The maximum absolute atomic E-state index is 12.7. The van der Waals surface area contributed by atoms with Gasteiger partial charge in [0.25, 0.3) is 5.91 Å². The number of rotatable bonds is 7. The first-order chi connectivity index (χ1) is 16.7. The molecule has 0 saturated heterocycles. The molecule has 2 aromatic carbocycles. The van der Waals surface area contributed by atoms with Crippen molar-refractivity contribution in [3.05, 3.63) is 89.1 Å². The fraction of sp³-hybridized carbons (Fsp3) is 0.321. The molecule has 0 radical (unpaired) electrons. The molecule has 1 N–H and O–H groups in total. The van der Waals surface area contributed by atoms with Gasteiger partial charge in [-0.25, -0.2) is 9.97 Å². The van der Waals surface area contributed by atoms with Crippen LogP contribution in [0.25, 0.3) is 11.2 Å². The largest absolute Gasteiger partial charge is 0.349 e. The van der Waals surface area contributed by atoms with Crippen LogP contribution in [0, 0.1) is 6.92 Å². The Labute approximate surface area is 205 Å². The van der Waals surface area contributed by atoms with Crippen LogP contribution in [0.4, 0.5) is 0 Å². The second kappa shape index (κ2) is 10.4. The fourth-order valence-corrected chi connectivity index (χ4v) is 5.64. The van der Waals surface area contributed by atoms with Gasteiger partial charge in [0.2, 0.25) is 0 Å². The number of thioether (sulfide) groups is 1. The van der Waals surface area contributed by atoms with E-state index in [0.29, 0.717) is 12.6 Å². The van der Waals surface area contributed by atoms with Crippen molar-refractivity contribution in [1.82, 2.24) is 19.9 Å². The number of imidazole rings is 1. The normalized spacial score (nSPS) is 14.4. The number of hydrogen-bond donors (Lipinski definition) is 1.